The van der Waals surface area contributed by atoms with Crippen LogP contribution in [0.25, 0.3) is 0 Å². The number of carbonyl (C=O) groups is 1. The highest BCUT2D eigenvalue weighted by atomic mass is 16.3. The summed E-state index contributed by atoms with van der Waals surface area (Å²) in [6, 6.07) is 16.9. The number of aryl methyl sites for hydroxylation is 1. The van der Waals surface area contributed by atoms with Crippen LogP contribution in [-0.2, 0) is 11.2 Å². The van der Waals surface area contributed by atoms with Gasteiger partial charge in [0, 0.05) is 5.56 Å². The van der Waals surface area contributed by atoms with Gasteiger partial charge in [0.05, 0.1) is 11.4 Å². The summed E-state index contributed by atoms with van der Waals surface area (Å²) >= 11 is 0. The van der Waals surface area contributed by atoms with E-state index in [4.69, 9.17) is 0 Å². The minimum absolute atomic E-state index is 0.276. The summed E-state index contributed by atoms with van der Waals surface area (Å²) < 4.78 is 0. The molecule has 1 amide bonds. The fourth-order valence-electron chi connectivity index (χ4n) is 2.76. The van der Waals surface area contributed by atoms with E-state index in [2.05, 4.69) is 23.9 Å². The van der Waals surface area contributed by atoms with Gasteiger partial charge in [0.2, 0.25) is 5.60 Å². The van der Waals surface area contributed by atoms with Crippen molar-refractivity contribution >= 4 is 17.3 Å². The van der Waals surface area contributed by atoms with E-state index in [9.17, 15) is 9.90 Å². The maximum atomic E-state index is 12.7. The number of benzene rings is 2. The van der Waals surface area contributed by atoms with Crippen LogP contribution in [0.1, 0.15) is 37.8 Å². The number of hydrogen-bond donors (Lipinski definition) is 1. The molecule has 0 aliphatic carbocycles. The fraction of sp³-hybridized carbons (Fsp3) is 0.273. The van der Waals surface area contributed by atoms with Gasteiger partial charge in [0.1, 0.15) is 0 Å². The van der Waals surface area contributed by atoms with E-state index in [0.29, 0.717) is 5.69 Å². The standard InChI is InChI=1S/C22H22N2O2/c1-3-4-8-18-11-13-19(14-12-18)15-16-22(26)17(2)23-24(21(22)25)20-9-6-5-7-10-20/h5-7,9-14,26H,3-4,8H2,1-2H3. The number of hydrogen-bond acceptors (Lipinski definition) is 3. The Kier molecular flexibility index (Phi) is 5.20. The van der Waals surface area contributed by atoms with Gasteiger partial charge in [-0.25, -0.2) is 0 Å². The first-order valence-electron chi connectivity index (χ1n) is 8.84. The topological polar surface area (TPSA) is 52.9 Å². The summed E-state index contributed by atoms with van der Waals surface area (Å²) in [5.74, 6) is 5.09. The highest BCUT2D eigenvalue weighted by Gasteiger charge is 2.47. The third-order valence-electron chi connectivity index (χ3n) is 4.44. The molecule has 1 aliphatic rings. The highest BCUT2D eigenvalue weighted by Crippen LogP contribution is 2.26. The summed E-state index contributed by atoms with van der Waals surface area (Å²) in [4.78, 5) is 12.7. The predicted octanol–water partition coefficient (Wildman–Crippen LogP) is 3.53. The normalized spacial score (nSPS) is 19.1. The highest BCUT2D eigenvalue weighted by molar-refractivity contribution is 6.23. The average molecular weight is 346 g/mol. The Balaban J connectivity index is 1.81. The van der Waals surface area contributed by atoms with Crippen LogP contribution in [0, 0.1) is 11.8 Å². The first-order chi connectivity index (χ1) is 12.5. The molecule has 0 fully saturated rings. The Morgan fingerprint density at radius 1 is 1.12 bits per heavy atom. The number of hydrazone groups is 1. The molecule has 0 aromatic heterocycles. The second-order valence-corrected chi connectivity index (χ2v) is 6.40. The van der Waals surface area contributed by atoms with E-state index in [1.54, 1.807) is 19.1 Å². The maximum Gasteiger partial charge on any atom is 0.298 e. The molecule has 1 aliphatic heterocycles. The Bertz CT molecular complexity index is 876. The molecular formula is C22H22N2O2. The quantitative estimate of drug-likeness (QED) is 0.861. The van der Waals surface area contributed by atoms with Gasteiger partial charge in [-0.3, -0.25) is 4.79 Å². The lowest BCUT2D eigenvalue weighted by molar-refractivity contribution is -0.126. The molecule has 1 heterocycles. The van der Waals surface area contributed by atoms with Crippen LogP contribution in [-0.4, -0.2) is 22.3 Å². The van der Waals surface area contributed by atoms with Crippen molar-refractivity contribution in [1.82, 2.24) is 0 Å². The predicted molar refractivity (Wildman–Crippen MR) is 104 cm³/mol. The van der Waals surface area contributed by atoms with E-state index in [-0.39, 0.29) is 5.71 Å². The van der Waals surface area contributed by atoms with Crippen molar-refractivity contribution in [3.63, 3.8) is 0 Å². The molecule has 0 spiro atoms. The molecule has 132 valence electrons. The van der Waals surface area contributed by atoms with Crippen LogP contribution in [0.5, 0.6) is 0 Å². The molecule has 1 atom stereocenters. The van der Waals surface area contributed by atoms with Crippen molar-refractivity contribution < 1.29 is 9.90 Å². The zero-order chi connectivity index (χ0) is 18.6. The molecule has 4 nitrogen and oxygen atoms in total. The summed E-state index contributed by atoms with van der Waals surface area (Å²) in [6.45, 7) is 3.78. The molecule has 4 heteroatoms. The van der Waals surface area contributed by atoms with E-state index < -0.39 is 11.5 Å². The molecule has 26 heavy (non-hydrogen) atoms. The van der Waals surface area contributed by atoms with Gasteiger partial charge < -0.3 is 5.11 Å². The number of amides is 1. The number of anilines is 1. The summed E-state index contributed by atoms with van der Waals surface area (Å²) in [5.41, 5.74) is 1.02. The Hall–Kier alpha value is -2.90. The number of unbranched alkanes of at least 4 members (excludes halogenated alkanes) is 1. The third kappa shape index (κ3) is 3.54. The zero-order valence-corrected chi connectivity index (χ0v) is 15.1. The average Bonchev–Trinajstić information content (AvgIpc) is 2.90. The van der Waals surface area contributed by atoms with Crippen LogP contribution in [0.3, 0.4) is 0 Å². The third-order valence-corrected chi connectivity index (χ3v) is 4.44. The number of carbonyl (C=O) groups excluding carboxylic acids is 1. The van der Waals surface area contributed by atoms with Crippen molar-refractivity contribution in [1.29, 1.82) is 0 Å². The SMILES string of the molecule is CCCCc1ccc(C#CC2(O)C(=O)N(c3ccccc3)N=C2C)cc1. The van der Waals surface area contributed by atoms with Crippen molar-refractivity contribution in [3.8, 4) is 11.8 Å². The van der Waals surface area contributed by atoms with Gasteiger partial charge in [-0.1, -0.05) is 49.6 Å². The largest absolute Gasteiger partial charge is 0.365 e. The van der Waals surface area contributed by atoms with Gasteiger partial charge in [0.25, 0.3) is 5.91 Å². The van der Waals surface area contributed by atoms with E-state index in [0.717, 1.165) is 24.8 Å². The van der Waals surface area contributed by atoms with Crippen molar-refractivity contribution in [3.05, 3.63) is 65.7 Å². The minimum atomic E-state index is -1.89. The number of aliphatic hydroxyl groups is 1. The van der Waals surface area contributed by atoms with E-state index in [1.165, 1.54) is 10.6 Å². The molecule has 2 aromatic carbocycles. The van der Waals surface area contributed by atoms with Crippen LogP contribution in [0.4, 0.5) is 5.69 Å². The number of nitrogens with zero attached hydrogens (tertiary/aromatic N) is 2. The minimum Gasteiger partial charge on any atom is -0.365 e. The lowest BCUT2D eigenvalue weighted by Crippen LogP contribution is -2.44. The zero-order valence-electron chi connectivity index (χ0n) is 15.1. The van der Waals surface area contributed by atoms with Gasteiger partial charge in [-0.15, -0.1) is 0 Å². The smallest absolute Gasteiger partial charge is 0.298 e. The molecule has 0 radical (unpaired) electrons. The van der Waals surface area contributed by atoms with Crippen LogP contribution < -0.4 is 5.01 Å². The van der Waals surface area contributed by atoms with Gasteiger partial charge in [-0.05, 0) is 55.5 Å². The second kappa shape index (κ2) is 7.55. The van der Waals surface area contributed by atoms with E-state index >= 15 is 0 Å². The van der Waals surface area contributed by atoms with Gasteiger partial charge in [-0.2, -0.15) is 10.1 Å². The monoisotopic (exact) mass is 346 g/mol. The van der Waals surface area contributed by atoms with Crippen LogP contribution in [0.15, 0.2) is 59.7 Å². The lowest BCUT2D eigenvalue weighted by Gasteiger charge is -2.16. The molecule has 0 saturated carbocycles. The second-order valence-electron chi connectivity index (χ2n) is 6.40. The van der Waals surface area contributed by atoms with Crippen molar-refractivity contribution in [2.75, 3.05) is 5.01 Å². The first-order valence-corrected chi connectivity index (χ1v) is 8.84. The lowest BCUT2D eigenvalue weighted by atomic mass is 9.98. The first kappa shape index (κ1) is 17.9. The molecule has 0 saturated heterocycles. The molecular weight excluding hydrogens is 324 g/mol. The van der Waals surface area contributed by atoms with Crippen molar-refractivity contribution in [2.45, 2.75) is 38.7 Å². The summed E-state index contributed by atoms with van der Waals surface area (Å²) in [5, 5.41) is 16.2. The molecule has 1 unspecified atom stereocenters. The number of para-hydroxylation sites is 1. The summed E-state index contributed by atoms with van der Waals surface area (Å²) in [6.07, 6.45) is 3.36. The van der Waals surface area contributed by atoms with E-state index in [1.807, 2.05) is 42.5 Å². The Morgan fingerprint density at radius 3 is 2.46 bits per heavy atom. The van der Waals surface area contributed by atoms with Crippen molar-refractivity contribution in [2.24, 2.45) is 5.10 Å². The Labute approximate surface area is 154 Å². The molecule has 0 bridgehead atoms. The summed E-state index contributed by atoms with van der Waals surface area (Å²) in [7, 11) is 0. The van der Waals surface area contributed by atoms with Crippen LogP contribution >= 0.6 is 0 Å². The maximum absolute atomic E-state index is 12.7. The van der Waals surface area contributed by atoms with Gasteiger partial charge >= 0.3 is 0 Å². The fourth-order valence-corrected chi connectivity index (χ4v) is 2.76. The number of rotatable bonds is 4. The Morgan fingerprint density at radius 2 is 1.81 bits per heavy atom. The van der Waals surface area contributed by atoms with Gasteiger partial charge in [0.15, 0.2) is 0 Å². The van der Waals surface area contributed by atoms with Crippen LogP contribution in [0.2, 0.25) is 0 Å². The molecule has 3 rings (SSSR count). The molecule has 2 aromatic rings. The molecule has 1 N–H and O–H groups in total.